The molecule has 1 amide bonds. The fourth-order valence-corrected chi connectivity index (χ4v) is 8.20. The number of aliphatic imine (C=N–C) groups is 1. The van der Waals surface area contributed by atoms with E-state index in [9.17, 15) is 14.7 Å². The molecule has 0 saturated carbocycles. The Morgan fingerprint density at radius 3 is 2.61 bits per heavy atom. The van der Waals surface area contributed by atoms with Gasteiger partial charge in [0.25, 0.3) is 11.5 Å². The molecule has 2 atom stereocenters. The Morgan fingerprint density at radius 1 is 1.16 bits per heavy atom. The highest BCUT2D eigenvalue weighted by Crippen LogP contribution is 2.35. The van der Waals surface area contributed by atoms with Gasteiger partial charge in [0, 0.05) is 73.9 Å². The highest BCUT2D eigenvalue weighted by molar-refractivity contribution is 5.96. The average molecular weight is 699 g/mol. The van der Waals surface area contributed by atoms with Gasteiger partial charge >= 0.3 is 0 Å². The zero-order valence-corrected chi connectivity index (χ0v) is 29.9. The highest BCUT2D eigenvalue weighted by atomic mass is 19.1. The predicted octanol–water partition coefficient (Wildman–Crippen LogP) is 4.10. The monoisotopic (exact) mass is 698 g/mol. The van der Waals surface area contributed by atoms with Crippen LogP contribution in [0.1, 0.15) is 60.9 Å². The Kier molecular flexibility index (Phi) is 9.70. The molecule has 51 heavy (non-hydrogen) atoms. The Morgan fingerprint density at radius 2 is 1.94 bits per heavy atom. The van der Waals surface area contributed by atoms with Crippen molar-refractivity contribution in [2.45, 2.75) is 71.1 Å². The predicted molar refractivity (Wildman–Crippen MR) is 196 cm³/mol. The van der Waals surface area contributed by atoms with E-state index in [1.807, 2.05) is 29.8 Å². The van der Waals surface area contributed by atoms with E-state index >= 15 is 4.39 Å². The molecule has 6 heterocycles. The maximum Gasteiger partial charge on any atom is 0.279 e. The van der Waals surface area contributed by atoms with Gasteiger partial charge in [-0.05, 0) is 76.9 Å². The fourth-order valence-electron chi connectivity index (χ4n) is 8.20. The second-order valence-corrected chi connectivity index (χ2v) is 14.0. The number of anilines is 3. The van der Waals surface area contributed by atoms with Crippen molar-refractivity contribution in [2.24, 2.45) is 12.0 Å². The number of amides is 1. The summed E-state index contributed by atoms with van der Waals surface area (Å²) < 4.78 is 24.3. The van der Waals surface area contributed by atoms with E-state index in [1.165, 1.54) is 9.47 Å². The standard InChI is InChI=1S/C38H47FN8O4/c1-6-28(30(20-48)36(40-4)45-14-13-44-32-10-8-7-9-29(32)34(39)35(44)38(45)50)25-15-31(37(49)43(5)19-25)42-33-12-11-26(16-41-33)46-17-24(3)47(18-23(46)2)27-21-51-22-27/h6,11-12,15-16,19,23-24,27,48H,4,7-10,13-14,17-18,20-22H2,1-3,5H3,(H,41,42)/b28-6-,36-30+/t23-,24+/m0/s1. The Balaban J connectivity index is 1.14. The number of hydrogen-bond acceptors (Lipinski definition) is 9. The molecule has 7 rings (SSSR count). The summed E-state index contributed by atoms with van der Waals surface area (Å²) in [4.78, 5) is 42.4. The number of carbonyl (C=O) groups excluding carboxylic acids is 1. The van der Waals surface area contributed by atoms with Crippen LogP contribution in [-0.2, 0) is 31.2 Å². The molecule has 0 spiro atoms. The lowest BCUT2D eigenvalue weighted by Crippen LogP contribution is -2.63. The zero-order valence-electron chi connectivity index (χ0n) is 29.9. The van der Waals surface area contributed by atoms with Crippen LogP contribution in [0.2, 0.25) is 0 Å². The SMILES string of the molecule is C=N/C(=C(CO)\C(=C/C)c1cc(Nc2ccc(N3C[C@@H](C)N(C4COC4)C[C@@H]3C)cn2)c(=O)n(C)c1)N1CCn2c3c(c(F)c2C1=O)CCCC3. The third-order valence-electron chi connectivity index (χ3n) is 10.9. The van der Waals surface area contributed by atoms with E-state index < -0.39 is 18.3 Å². The van der Waals surface area contributed by atoms with Crippen molar-refractivity contribution < 1.29 is 19.0 Å². The number of nitrogens with zero attached hydrogens (tertiary/aromatic N) is 7. The number of halogens is 1. The van der Waals surface area contributed by atoms with Gasteiger partial charge in [-0.3, -0.25) is 19.4 Å². The topological polar surface area (TPSA) is 120 Å². The lowest BCUT2D eigenvalue weighted by Gasteiger charge is -2.50. The van der Waals surface area contributed by atoms with Gasteiger partial charge in [0.15, 0.2) is 5.82 Å². The molecule has 3 aromatic heterocycles. The number of piperazine rings is 1. The number of fused-ring (bicyclic) bond motifs is 3. The zero-order chi connectivity index (χ0) is 36.0. The summed E-state index contributed by atoms with van der Waals surface area (Å²) in [7, 11) is 1.65. The number of ether oxygens (including phenoxy) is 1. The first-order valence-electron chi connectivity index (χ1n) is 17.9. The average Bonchev–Trinajstić information content (AvgIpc) is 3.40. The van der Waals surface area contributed by atoms with Crippen molar-refractivity contribution in [3.05, 3.63) is 86.7 Å². The molecular weight excluding hydrogens is 651 g/mol. The van der Waals surface area contributed by atoms with Crippen LogP contribution in [0.15, 0.2) is 57.8 Å². The van der Waals surface area contributed by atoms with Crippen LogP contribution in [0.5, 0.6) is 0 Å². The molecule has 270 valence electrons. The molecule has 12 nitrogen and oxygen atoms in total. The molecule has 0 radical (unpaired) electrons. The first kappa shape index (κ1) is 34.8. The Hall–Kier alpha value is -4.59. The summed E-state index contributed by atoms with van der Waals surface area (Å²) >= 11 is 0. The number of pyridine rings is 2. The largest absolute Gasteiger partial charge is 0.392 e. The summed E-state index contributed by atoms with van der Waals surface area (Å²) in [5.74, 6) is -0.292. The molecule has 4 aliphatic rings. The van der Waals surface area contributed by atoms with Crippen LogP contribution in [0.3, 0.4) is 0 Å². The molecule has 2 N–H and O–H groups in total. The molecule has 3 aliphatic heterocycles. The molecular formula is C38H47FN8O4. The summed E-state index contributed by atoms with van der Waals surface area (Å²) in [6.45, 7) is 13.7. The molecule has 13 heteroatoms. The van der Waals surface area contributed by atoms with E-state index in [4.69, 9.17) is 4.74 Å². The lowest BCUT2D eigenvalue weighted by molar-refractivity contribution is -0.0828. The van der Waals surface area contributed by atoms with E-state index in [-0.39, 0.29) is 29.3 Å². The number of hydrogen-bond donors (Lipinski definition) is 2. The maximum atomic E-state index is 15.6. The number of aryl methyl sites for hydroxylation is 1. The van der Waals surface area contributed by atoms with Gasteiger partial charge in [-0.15, -0.1) is 0 Å². The summed E-state index contributed by atoms with van der Waals surface area (Å²) in [6.07, 6.45) is 8.54. The first-order valence-corrected chi connectivity index (χ1v) is 17.9. The molecule has 0 unspecified atom stereocenters. The Labute approximate surface area is 297 Å². The maximum absolute atomic E-state index is 15.6. The highest BCUT2D eigenvalue weighted by Gasteiger charge is 2.38. The van der Waals surface area contributed by atoms with E-state index in [0.717, 1.165) is 56.9 Å². The van der Waals surface area contributed by atoms with Gasteiger partial charge in [-0.2, -0.15) is 0 Å². The number of carbonyl (C=O) groups is 1. The van der Waals surface area contributed by atoms with Crippen molar-refractivity contribution >= 4 is 35.4 Å². The molecule has 2 saturated heterocycles. The number of allylic oxidation sites excluding steroid dienone is 1. The van der Waals surface area contributed by atoms with Gasteiger partial charge in [0.2, 0.25) is 0 Å². The molecule has 2 fully saturated rings. The normalized spacial score (nSPS) is 21.9. The second-order valence-electron chi connectivity index (χ2n) is 14.0. The number of aliphatic hydroxyl groups excluding tert-OH is 1. The third kappa shape index (κ3) is 6.21. The molecule has 1 aliphatic carbocycles. The van der Waals surface area contributed by atoms with Gasteiger partial charge in [-0.1, -0.05) is 6.08 Å². The molecule has 0 bridgehead atoms. The van der Waals surface area contributed by atoms with Crippen LogP contribution >= 0.6 is 0 Å². The number of aliphatic hydroxyl groups is 1. The third-order valence-corrected chi connectivity index (χ3v) is 10.9. The van der Waals surface area contributed by atoms with Crippen LogP contribution in [-0.4, -0.2) is 99.2 Å². The van der Waals surface area contributed by atoms with Gasteiger partial charge in [-0.25, -0.2) is 14.4 Å². The molecule has 0 aromatic carbocycles. The summed E-state index contributed by atoms with van der Waals surface area (Å²) in [6, 6.07) is 6.79. The number of rotatable bonds is 9. The minimum absolute atomic E-state index is 0.0377. The van der Waals surface area contributed by atoms with Crippen LogP contribution in [0, 0.1) is 5.82 Å². The van der Waals surface area contributed by atoms with Crippen molar-refractivity contribution in [3.8, 4) is 0 Å². The summed E-state index contributed by atoms with van der Waals surface area (Å²) in [5, 5.41) is 13.9. The quantitative estimate of drug-likeness (QED) is 0.253. The van der Waals surface area contributed by atoms with Crippen molar-refractivity contribution in [3.63, 3.8) is 0 Å². The van der Waals surface area contributed by atoms with E-state index in [1.54, 1.807) is 25.4 Å². The summed E-state index contributed by atoms with van der Waals surface area (Å²) in [5.41, 5.74) is 4.14. The second kappa shape index (κ2) is 14.2. The Bertz CT molecular complexity index is 1960. The van der Waals surface area contributed by atoms with Crippen molar-refractivity contribution in [1.82, 2.24) is 23.9 Å². The van der Waals surface area contributed by atoms with Gasteiger partial charge in [0.05, 0.1) is 37.7 Å². The van der Waals surface area contributed by atoms with Gasteiger partial charge < -0.3 is 29.2 Å². The lowest BCUT2D eigenvalue weighted by atomic mass is 9.97. The van der Waals surface area contributed by atoms with Crippen molar-refractivity contribution in [1.29, 1.82) is 0 Å². The number of nitrogens with one attached hydrogen (secondary N) is 1. The number of aromatic nitrogens is 3. The van der Waals surface area contributed by atoms with Crippen molar-refractivity contribution in [2.75, 3.05) is 49.7 Å². The minimum Gasteiger partial charge on any atom is -0.392 e. The van der Waals surface area contributed by atoms with E-state index in [2.05, 4.69) is 45.7 Å². The van der Waals surface area contributed by atoms with E-state index in [0.29, 0.717) is 59.2 Å². The van der Waals surface area contributed by atoms with Crippen LogP contribution in [0.4, 0.5) is 21.6 Å². The van der Waals surface area contributed by atoms with Crippen LogP contribution in [0.25, 0.3) is 5.57 Å². The first-order chi connectivity index (χ1) is 24.6. The molecule has 3 aromatic rings. The smallest absolute Gasteiger partial charge is 0.279 e. The van der Waals surface area contributed by atoms with Crippen LogP contribution < -0.4 is 15.8 Å². The van der Waals surface area contributed by atoms with Gasteiger partial charge in [0.1, 0.15) is 23.0 Å². The fraction of sp³-hybridized carbons (Fsp3) is 0.474. The minimum atomic E-state index is -0.506.